The maximum Gasteiger partial charge on any atom is 0.329 e. The van der Waals surface area contributed by atoms with Gasteiger partial charge in [0.15, 0.2) is 0 Å². The Bertz CT molecular complexity index is 1530. The molecule has 3 aromatic rings. The van der Waals surface area contributed by atoms with Crippen molar-refractivity contribution in [2.24, 2.45) is 5.92 Å². The molecule has 10 heteroatoms. The molecule has 1 saturated heterocycles. The van der Waals surface area contributed by atoms with E-state index >= 15 is 0 Å². The summed E-state index contributed by atoms with van der Waals surface area (Å²) in [6.45, 7) is 7.69. The highest BCUT2D eigenvalue weighted by atomic mass is 35.5. The van der Waals surface area contributed by atoms with Crippen molar-refractivity contribution in [2.45, 2.75) is 77.8 Å². The van der Waals surface area contributed by atoms with Gasteiger partial charge in [-0.25, -0.2) is 4.79 Å². The molecule has 4 amide bonds. The average molecular weight is 718 g/mol. The minimum atomic E-state index is -0.821. The number of carbonyl (C=O) groups excluding carboxylic acids is 3. The molecule has 0 aromatic heterocycles. The average Bonchev–Trinajstić information content (AvgIpc) is 3.14. The molecule has 51 heavy (non-hydrogen) atoms. The highest BCUT2D eigenvalue weighted by molar-refractivity contribution is 6.31. The Labute approximate surface area is 309 Å². The van der Waals surface area contributed by atoms with Gasteiger partial charge in [0.1, 0.15) is 11.8 Å². The summed E-state index contributed by atoms with van der Waals surface area (Å²) in [7, 11) is 3.66. The number of unbranched alkanes of at least 4 members (excludes halogenated alkanes) is 4. The second-order valence-corrected chi connectivity index (χ2v) is 13.9. The summed E-state index contributed by atoms with van der Waals surface area (Å²) in [5, 5.41) is 3.62. The summed E-state index contributed by atoms with van der Waals surface area (Å²) in [6.07, 6.45) is 6.99. The van der Waals surface area contributed by atoms with Crippen LogP contribution in [0.2, 0.25) is 5.02 Å². The third-order valence-corrected chi connectivity index (χ3v) is 9.81. The van der Waals surface area contributed by atoms with Crippen LogP contribution < -0.4 is 15.0 Å². The van der Waals surface area contributed by atoms with E-state index in [4.69, 9.17) is 16.3 Å². The van der Waals surface area contributed by atoms with E-state index in [-0.39, 0.29) is 36.7 Å². The maximum atomic E-state index is 14.6. The summed E-state index contributed by atoms with van der Waals surface area (Å²) in [4.78, 5) is 50.3. The van der Waals surface area contributed by atoms with E-state index in [9.17, 15) is 14.4 Å². The molecule has 1 fully saturated rings. The number of halogens is 1. The fraction of sp³-hybridized carbons (Fsp3) is 0.488. The number of nitrogens with zero attached hydrogens (tertiary/aromatic N) is 4. The SMILES string of the molecule is CCCCCN(CCCCC)C(=O)C1CCN(C(=O)N(c2ccccc2)c2cccc(Cl)c2)C(C(=O)NCCN(C)Cc2ccccc2OC)C1. The second kappa shape index (κ2) is 20.7. The van der Waals surface area contributed by atoms with E-state index in [1.165, 1.54) is 0 Å². The molecule has 0 bridgehead atoms. The van der Waals surface area contributed by atoms with Crippen molar-refractivity contribution in [1.29, 1.82) is 0 Å². The minimum absolute atomic E-state index is 0.0957. The first-order valence-corrected chi connectivity index (χ1v) is 18.9. The van der Waals surface area contributed by atoms with Gasteiger partial charge in [-0.2, -0.15) is 0 Å². The number of amides is 4. The number of ether oxygens (including phenoxy) is 1. The van der Waals surface area contributed by atoms with E-state index in [1.54, 1.807) is 29.0 Å². The molecule has 3 aromatic carbocycles. The number of benzene rings is 3. The Morgan fingerprint density at radius 1 is 0.863 bits per heavy atom. The summed E-state index contributed by atoms with van der Waals surface area (Å²) in [5.41, 5.74) is 2.33. The van der Waals surface area contributed by atoms with Crippen molar-refractivity contribution in [3.05, 3.63) is 89.4 Å². The number of likely N-dealkylation sites (tertiary alicyclic amines) is 1. The number of urea groups is 1. The van der Waals surface area contributed by atoms with Crippen LogP contribution in [0.3, 0.4) is 0 Å². The van der Waals surface area contributed by atoms with Crippen LogP contribution in [0.15, 0.2) is 78.9 Å². The van der Waals surface area contributed by atoms with Gasteiger partial charge in [0.05, 0.1) is 18.5 Å². The van der Waals surface area contributed by atoms with Crippen LogP contribution in [0.25, 0.3) is 0 Å². The third kappa shape index (κ3) is 11.5. The normalized spacial score (nSPS) is 15.8. The monoisotopic (exact) mass is 717 g/mol. The first kappa shape index (κ1) is 39.7. The highest BCUT2D eigenvalue weighted by Crippen LogP contribution is 2.33. The fourth-order valence-electron chi connectivity index (χ4n) is 6.74. The minimum Gasteiger partial charge on any atom is -0.496 e. The van der Waals surface area contributed by atoms with Gasteiger partial charge in [-0.3, -0.25) is 14.5 Å². The number of para-hydroxylation sites is 2. The molecule has 4 rings (SSSR count). The molecule has 2 unspecified atom stereocenters. The van der Waals surface area contributed by atoms with Gasteiger partial charge in [-0.15, -0.1) is 0 Å². The van der Waals surface area contributed by atoms with Crippen molar-refractivity contribution < 1.29 is 19.1 Å². The second-order valence-electron chi connectivity index (χ2n) is 13.4. The van der Waals surface area contributed by atoms with Gasteiger partial charge in [0.2, 0.25) is 11.8 Å². The predicted molar refractivity (Wildman–Crippen MR) is 207 cm³/mol. The van der Waals surface area contributed by atoms with Crippen molar-refractivity contribution in [3.63, 3.8) is 0 Å². The Balaban J connectivity index is 1.56. The largest absolute Gasteiger partial charge is 0.496 e. The molecule has 2 atom stereocenters. The molecule has 0 saturated carbocycles. The standard InChI is InChI=1S/C41H56ClN5O4/c1-5-7-14-25-45(26-15-8-6-2)40(49)32-23-27-46(41(50)47(35-19-10-9-11-20-35)36-21-16-18-34(42)30-36)37(29-32)39(48)43-24-28-44(3)31-33-17-12-13-22-38(33)51-4/h9-13,16-22,30,32,37H,5-8,14-15,23-29,31H2,1-4H3,(H,43,48). The van der Waals surface area contributed by atoms with Crippen LogP contribution in [0, 0.1) is 5.92 Å². The number of anilines is 2. The zero-order chi connectivity index (χ0) is 36.6. The molecule has 9 nitrogen and oxygen atoms in total. The lowest BCUT2D eigenvalue weighted by Gasteiger charge is -2.41. The van der Waals surface area contributed by atoms with Gasteiger partial charge in [0.25, 0.3) is 0 Å². The topological polar surface area (TPSA) is 85.4 Å². The Hall–Kier alpha value is -4.08. The number of piperidine rings is 1. The highest BCUT2D eigenvalue weighted by Gasteiger charge is 2.41. The molecule has 1 aliphatic heterocycles. The van der Waals surface area contributed by atoms with Gasteiger partial charge >= 0.3 is 6.03 Å². The number of hydrogen-bond acceptors (Lipinski definition) is 5. The smallest absolute Gasteiger partial charge is 0.329 e. The zero-order valence-corrected chi connectivity index (χ0v) is 31.6. The van der Waals surface area contributed by atoms with Crippen molar-refractivity contribution in [1.82, 2.24) is 20.0 Å². The first-order chi connectivity index (χ1) is 24.8. The van der Waals surface area contributed by atoms with Crippen LogP contribution in [-0.2, 0) is 16.1 Å². The van der Waals surface area contributed by atoms with E-state index in [0.717, 1.165) is 62.9 Å². The quantitative estimate of drug-likeness (QED) is 0.134. The lowest BCUT2D eigenvalue weighted by Crippen LogP contribution is -2.58. The summed E-state index contributed by atoms with van der Waals surface area (Å²) in [5.74, 6) is 0.312. The first-order valence-electron chi connectivity index (χ1n) is 18.6. The fourth-order valence-corrected chi connectivity index (χ4v) is 6.93. The van der Waals surface area contributed by atoms with Gasteiger partial charge in [-0.1, -0.05) is 93.6 Å². The number of rotatable bonds is 18. The molecule has 276 valence electrons. The zero-order valence-electron chi connectivity index (χ0n) is 30.9. The van der Waals surface area contributed by atoms with E-state index < -0.39 is 6.04 Å². The Kier molecular flexibility index (Phi) is 16.1. The van der Waals surface area contributed by atoms with Crippen molar-refractivity contribution in [2.75, 3.05) is 51.8 Å². The molecular weight excluding hydrogens is 662 g/mol. The maximum absolute atomic E-state index is 14.6. The molecular formula is C41H56ClN5O4. The van der Waals surface area contributed by atoms with E-state index in [1.807, 2.05) is 78.7 Å². The number of nitrogens with one attached hydrogen (secondary N) is 1. The van der Waals surface area contributed by atoms with Crippen LogP contribution in [0.5, 0.6) is 5.75 Å². The van der Waals surface area contributed by atoms with E-state index in [2.05, 4.69) is 24.1 Å². The Morgan fingerprint density at radius 3 is 2.20 bits per heavy atom. The third-order valence-electron chi connectivity index (χ3n) is 9.57. The van der Waals surface area contributed by atoms with Gasteiger partial charge in [0, 0.05) is 55.8 Å². The number of hydrogen-bond donors (Lipinski definition) is 1. The predicted octanol–water partition coefficient (Wildman–Crippen LogP) is 8.14. The lowest BCUT2D eigenvalue weighted by molar-refractivity contribution is -0.139. The van der Waals surface area contributed by atoms with Crippen molar-refractivity contribution in [3.8, 4) is 5.75 Å². The Morgan fingerprint density at radius 2 is 1.53 bits per heavy atom. The summed E-state index contributed by atoms with van der Waals surface area (Å²) < 4.78 is 5.52. The van der Waals surface area contributed by atoms with Crippen LogP contribution >= 0.6 is 11.6 Å². The molecule has 1 aliphatic rings. The lowest BCUT2D eigenvalue weighted by atomic mass is 9.88. The molecule has 1 heterocycles. The summed E-state index contributed by atoms with van der Waals surface area (Å²) >= 11 is 6.40. The van der Waals surface area contributed by atoms with Crippen LogP contribution in [0.4, 0.5) is 16.2 Å². The number of carbonyl (C=O) groups is 3. The summed E-state index contributed by atoms with van der Waals surface area (Å²) in [6, 6.07) is 23.3. The van der Waals surface area contributed by atoms with E-state index in [0.29, 0.717) is 42.5 Å². The molecule has 0 aliphatic carbocycles. The molecule has 1 N–H and O–H groups in total. The van der Waals surface area contributed by atoms with Crippen molar-refractivity contribution >= 4 is 40.8 Å². The van der Waals surface area contributed by atoms with Crippen LogP contribution in [0.1, 0.15) is 70.8 Å². The number of likely N-dealkylation sites (N-methyl/N-ethyl adjacent to an activating group) is 1. The molecule has 0 spiro atoms. The van der Waals surface area contributed by atoms with Gasteiger partial charge < -0.3 is 24.8 Å². The van der Waals surface area contributed by atoms with Crippen LogP contribution in [-0.4, -0.2) is 85.5 Å². The molecule has 0 radical (unpaired) electrons. The number of methoxy groups -OCH3 is 1. The van der Waals surface area contributed by atoms with Gasteiger partial charge in [-0.05, 0) is 69.1 Å².